The maximum Gasteiger partial charge on any atom is 0.338 e. The van der Waals surface area contributed by atoms with E-state index in [0.717, 1.165) is 0 Å². The Morgan fingerprint density at radius 1 is 1.15 bits per heavy atom. The molecule has 39 heavy (non-hydrogen) atoms. The Hall–Kier alpha value is -3.79. The first kappa shape index (κ1) is 25.5. The van der Waals surface area contributed by atoms with E-state index in [2.05, 4.69) is 4.99 Å². The molecule has 0 spiro atoms. The summed E-state index contributed by atoms with van der Waals surface area (Å²) in [6, 6.07) is 13.2. The average Bonchev–Trinajstić information content (AvgIpc) is 3.64. The minimum Gasteiger partial charge on any atom is -0.463 e. The Labute approximate surface area is 236 Å². The number of hydrogen-bond donors (Lipinski definition) is 0. The molecule has 198 valence electrons. The smallest absolute Gasteiger partial charge is 0.338 e. The van der Waals surface area contributed by atoms with Crippen LogP contribution in [-0.2, 0) is 9.53 Å². The second kappa shape index (κ2) is 10.1. The van der Waals surface area contributed by atoms with E-state index in [9.17, 15) is 9.59 Å². The molecule has 0 aliphatic carbocycles. The summed E-state index contributed by atoms with van der Waals surface area (Å²) >= 11 is 13.7. The van der Waals surface area contributed by atoms with Crippen LogP contribution in [0.15, 0.2) is 74.0 Å². The van der Waals surface area contributed by atoms with E-state index in [1.165, 1.54) is 15.9 Å². The highest BCUT2D eigenvalue weighted by Crippen LogP contribution is 2.38. The van der Waals surface area contributed by atoms with Gasteiger partial charge in [0.25, 0.3) is 5.56 Å². The predicted octanol–water partition coefficient (Wildman–Crippen LogP) is 5.09. The zero-order valence-electron chi connectivity index (χ0n) is 20.7. The number of rotatable bonds is 5. The van der Waals surface area contributed by atoms with Gasteiger partial charge in [0.15, 0.2) is 16.3 Å². The molecule has 0 amide bonds. The number of aromatic nitrogens is 1. The van der Waals surface area contributed by atoms with Crippen LogP contribution in [0.3, 0.4) is 0 Å². The lowest BCUT2D eigenvalue weighted by atomic mass is 9.95. The van der Waals surface area contributed by atoms with Crippen molar-refractivity contribution in [3.8, 4) is 22.8 Å². The summed E-state index contributed by atoms with van der Waals surface area (Å²) in [4.78, 5) is 31.9. The fourth-order valence-corrected chi connectivity index (χ4v) is 5.99. The Morgan fingerprint density at radius 3 is 2.79 bits per heavy atom. The van der Waals surface area contributed by atoms with E-state index in [-0.39, 0.29) is 24.5 Å². The van der Waals surface area contributed by atoms with Crippen molar-refractivity contribution in [3.05, 3.63) is 101 Å². The van der Waals surface area contributed by atoms with Gasteiger partial charge in [-0.2, -0.15) is 0 Å². The number of esters is 1. The molecule has 0 N–H and O–H groups in total. The number of carbonyl (C=O) groups excluding carboxylic acids is 1. The molecule has 2 aliphatic heterocycles. The second-order valence-corrected chi connectivity index (χ2v) is 10.6. The van der Waals surface area contributed by atoms with Crippen LogP contribution in [0.4, 0.5) is 0 Å². The highest BCUT2D eigenvalue weighted by Gasteiger charge is 2.34. The normalized spacial score (nSPS) is 16.3. The van der Waals surface area contributed by atoms with Crippen molar-refractivity contribution in [1.29, 1.82) is 0 Å². The van der Waals surface area contributed by atoms with Crippen LogP contribution in [0.1, 0.15) is 31.2 Å². The zero-order valence-corrected chi connectivity index (χ0v) is 23.0. The maximum atomic E-state index is 13.8. The van der Waals surface area contributed by atoms with Gasteiger partial charge in [0, 0.05) is 16.7 Å². The molecule has 0 unspecified atom stereocenters. The third-order valence-electron chi connectivity index (χ3n) is 6.32. The maximum absolute atomic E-state index is 13.8. The number of benzene rings is 2. The lowest BCUT2D eigenvalue weighted by Crippen LogP contribution is -2.39. The molecular weight excluding hydrogens is 563 g/mol. The van der Waals surface area contributed by atoms with E-state index in [1.54, 1.807) is 68.5 Å². The Morgan fingerprint density at radius 2 is 1.97 bits per heavy atom. The number of thiazole rings is 1. The van der Waals surface area contributed by atoms with E-state index in [4.69, 9.17) is 41.8 Å². The summed E-state index contributed by atoms with van der Waals surface area (Å²) in [6.45, 7) is 3.75. The van der Waals surface area contributed by atoms with Crippen LogP contribution in [0.2, 0.25) is 10.0 Å². The second-order valence-electron chi connectivity index (χ2n) is 8.74. The van der Waals surface area contributed by atoms with E-state index in [0.29, 0.717) is 59.2 Å². The standard InChI is InChI=1S/C28H20Cl2N2O6S/c1-3-35-27(34)24-14(2)31-28-32(25(24)15-4-8-21-22(10-15)37-13-36-21)26(33)23(39-28)12-17-6-9-20(38-17)18-11-16(29)5-7-19(18)30/h4-12,25H,3,13H2,1-2H3/b23-12+/t25-/m0/s1. The van der Waals surface area contributed by atoms with Crippen molar-refractivity contribution in [2.45, 2.75) is 19.9 Å². The van der Waals surface area contributed by atoms with Gasteiger partial charge in [-0.3, -0.25) is 9.36 Å². The fraction of sp³-hybridized carbons (Fsp3) is 0.179. The van der Waals surface area contributed by atoms with Crippen molar-refractivity contribution in [2.75, 3.05) is 13.4 Å². The molecule has 2 aromatic carbocycles. The molecule has 0 saturated heterocycles. The van der Waals surface area contributed by atoms with Crippen LogP contribution < -0.4 is 24.4 Å². The Balaban J connectivity index is 1.48. The molecule has 0 saturated carbocycles. The Kier molecular flexibility index (Phi) is 6.58. The van der Waals surface area contributed by atoms with Crippen LogP contribution >= 0.6 is 34.5 Å². The first-order chi connectivity index (χ1) is 18.8. The monoisotopic (exact) mass is 582 g/mol. The van der Waals surface area contributed by atoms with Gasteiger partial charge in [-0.05, 0) is 61.9 Å². The fourth-order valence-electron chi connectivity index (χ4n) is 4.58. The first-order valence-electron chi connectivity index (χ1n) is 12.0. The Bertz CT molecular complexity index is 1850. The van der Waals surface area contributed by atoms with Gasteiger partial charge in [0.1, 0.15) is 11.5 Å². The van der Waals surface area contributed by atoms with Gasteiger partial charge in [-0.25, -0.2) is 9.79 Å². The summed E-state index contributed by atoms with van der Waals surface area (Å²) in [5.41, 5.74) is 1.74. The van der Waals surface area contributed by atoms with Gasteiger partial charge in [0.05, 0.1) is 33.5 Å². The number of nitrogens with zero attached hydrogens (tertiary/aromatic N) is 2. The van der Waals surface area contributed by atoms with E-state index in [1.807, 2.05) is 0 Å². The van der Waals surface area contributed by atoms with Crippen molar-refractivity contribution >= 4 is 46.6 Å². The topological polar surface area (TPSA) is 92.3 Å². The summed E-state index contributed by atoms with van der Waals surface area (Å²) < 4.78 is 24.2. The molecular formula is C28H20Cl2N2O6S. The third kappa shape index (κ3) is 4.56. The molecule has 0 radical (unpaired) electrons. The van der Waals surface area contributed by atoms with Gasteiger partial charge in [-0.15, -0.1) is 0 Å². The van der Waals surface area contributed by atoms with Crippen LogP contribution in [0, 0.1) is 0 Å². The molecule has 2 aliphatic rings. The highest BCUT2D eigenvalue weighted by atomic mass is 35.5. The van der Waals surface area contributed by atoms with Crippen LogP contribution in [-0.4, -0.2) is 23.9 Å². The van der Waals surface area contributed by atoms with Crippen molar-refractivity contribution in [3.63, 3.8) is 0 Å². The molecule has 4 aromatic rings. The number of furan rings is 1. The molecule has 8 nitrogen and oxygen atoms in total. The van der Waals surface area contributed by atoms with Crippen molar-refractivity contribution < 1.29 is 23.4 Å². The van der Waals surface area contributed by atoms with Crippen LogP contribution in [0.25, 0.3) is 17.4 Å². The number of allylic oxidation sites excluding steroid dienone is 1. The number of halogens is 2. The summed E-state index contributed by atoms with van der Waals surface area (Å²) in [5.74, 6) is 1.56. The SMILES string of the molecule is CCOC(=O)C1=C(C)N=c2s/c(=C/c3ccc(-c4cc(Cl)ccc4Cl)o3)c(=O)n2[C@H]1c1ccc2c(c1)OCO2. The van der Waals surface area contributed by atoms with Gasteiger partial charge in [0.2, 0.25) is 6.79 Å². The third-order valence-corrected chi connectivity index (χ3v) is 7.87. The lowest BCUT2D eigenvalue weighted by molar-refractivity contribution is -0.139. The van der Waals surface area contributed by atoms with Gasteiger partial charge in [-0.1, -0.05) is 40.6 Å². The minimum atomic E-state index is -0.769. The molecule has 0 fully saturated rings. The van der Waals surface area contributed by atoms with Crippen molar-refractivity contribution in [1.82, 2.24) is 4.57 Å². The summed E-state index contributed by atoms with van der Waals surface area (Å²) in [5, 5.41) is 1.02. The van der Waals surface area contributed by atoms with Gasteiger partial charge >= 0.3 is 5.97 Å². The average molecular weight is 583 g/mol. The zero-order chi connectivity index (χ0) is 27.3. The molecule has 6 rings (SSSR count). The first-order valence-corrected chi connectivity index (χ1v) is 13.6. The largest absolute Gasteiger partial charge is 0.463 e. The minimum absolute atomic E-state index is 0.104. The van der Waals surface area contributed by atoms with Gasteiger partial charge < -0.3 is 18.6 Å². The number of fused-ring (bicyclic) bond motifs is 2. The molecule has 1 atom stereocenters. The summed E-state index contributed by atoms with van der Waals surface area (Å²) in [6.07, 6.45) is 1.64. The molecule has 11 heteroatoms. The van der Waals surface area contributed by atoms with Crippen molar-refractivity contribution in [2.24, 2.45) is 4.99 Å². The number of carbonyl (C=O) groups is 1. The lowest BCUT2D eigenvalue weighted by Gasteiger charge is -2.24. The number of ether oxygens (including phenoxy) is 3. The van der Waals surface area contributed by atoms with Crippen LogP contribution in [0.5, 0.6) is 11.5 Å². The number of hydrogen-bond acceptors (Lipinski definition) is 8. The summed E-state index contributed by atoms with van der Waals surface area (Å²) in [7, 11) is 0. The van der Waals surface area contributed by atoms with E-state index < -0.39 is 12.0 Å². The molecule has 2 aromatic heterocycles. The highest BCUT2D eigenvalue weighted by molar-refractivity contribution is 7.07. The molecule has 0 bridgehead atoms. The molecule has 4 heterocycles. The van der Waals surface area contributed by atoms with E-state index >= 15 is 0 Å². The quantitative estimate of drug-likeness (QED) is 0.304. The predicted molar refractivity (Wildman–Crippen MR) is 147 cm³/mol.